The fraction of sp³-hybridized carbons (Fsp3) is 0.269. The number of aliphatic imine (C=N–C) groups is 1. The van der Waals surface area contributed by atoms with Gasteiger partial charge in [-0.25, -0.2) is 14.6 Å². The number of aryl methyl sites for hydroxylation is 1. The first-order valence-corrected chi connectivity index (χ1v) is 12.1. The standard InChI is InChI=1S/C26H28ClN5O7/c1-5-38-25(34)29-14-17-10-16(11-19(27)12-17)13-28-24(31-26(35)37-4)30-23(33)21-15(2)39-32-22(21)18-6-8-20(36-3)9-7-18/h6-12H,5,13-14H2,1-4H3,(H,29,34)(H2,28,30,31,33,35). The van der Waals surface area contributed by atoms with Crippen LogP contribution < -0.4 is 20.7 Å². The number of guanidine groups is 1. The van der Waals surface area contributed by atoms with Crippen LogP contribution in [0.2, 0.25) is 5.02 Å². The van der Waals surface area contributed by atoms with Gasteiger partial charge in [0.1, 0.15) is 22.8 Å². The molecular weight excluding hydrogens is 530 g/mol. The lowest BCUT2D eigenvalue weighted by atomic mass is 10.1. The van der Waals surface area contributed by atoms with Crippen molar-refractivity contribution in [3.63, 3.8) is 0 Å². The predicted octanol–water partition coefficient (Wildman–Crippen LogP) is 4.20. The number of carbonyl (C=O) groups is 3. The lowest BCUT2D eigenvalue weighted by molar-refractivity contribution is 0.0974. The van der Waals surface area contributed by atoms with Crippen molar-refractivity contribution < 1.29 is 33.1 Å². The first-order chi connectivity index (χ1) is 18.7. The van der Waals surface area contributed by atoms with Crippen LogP contribution in [0.4, 0.5) is 9.59 Å². The highest BCUT2D eigenvalue weighted by molar-refractivity contribution is 6.30. The monoisotopic (exact) mass is 557 g/mol. The molecule has 0 spiro atoms. The Bertz CT molecular complexity index is 1360. The molecule has 3 rings (SSSR count). The van der Waals surface area contributed by atoms with Gasteiger partial charge in [0.2, 0.25) is 5.96 Å². The van der Waals surface area contributed by atoms with E-state index in [9.17, 15) is 14.4 Å². The maximum atomic E-state index is 13.3. The Hall–Kier alpha value is -4.58. The third-order valence-electron chi connectivity index (χ3n) is 5.24. The average Bonchev–Trinajstić information content (AvgIpc) is 3.31. The van der Waals surface area contributed by atoms with E-state index in [-0.39, 0.29) is 37.0 Å². The quantitative estimate of drug-likeness (QED) is 0.275. The number of ether oxygens (including phenoxy) is 3. The van der Waals surface area contributed by atoms with Crippen molar-refractivity contribution in [2.45, 2.75) is 26.9 Å². The third-order valence-corrected chi connectivity index (χ3v) is 5.46. The van der Waals surface area contributed by atoms with Crippen molar-refractivity contribution >= 4 is 35.7 Å². The smallest absolute Gasteiger partial charge is 0.413 e. The van der Waals surface area contributed by atoms with Crippen LogP contribution in [0.3, 0.4) is 0 Å². The molecule has 12 nitrogen and oxygen atoms in total. The van der Waals surface area contributed by atoms with Gasteiger partial charge in [0.25, 0.3) is 5.91 Å². The number of alkyl carbamates (subject to hydrolysis) is 2. The van der Waals surface area contributed by atoms with Crippen LogP contribution in [0.1, 0.15) is 34.2 Å². The maximum Gasteiger partial charge on any atom is 0.413 e. The second-order valence-corrected chi connectivity index (χ2v) is 8.40. The van der Waals surface area contributed by atoms with Gasteiger partial charge in [0.15, 0.2) is 0 Å². The van der Waals surface area contributed by atoms with Gasteiger partial charge < -0.3 is 24.1 Å². The van der Waals surface area contributed by atoms with Crippen LogP contribution in [-0.2, 0) is 22.6 Å². The van der Waals surface area contributed by atoms with E-state index in [1.54, 1.807) is 63.4 Å². The van der Waals surface area contributed by atoms with E-state index in [1.807, 2.05) is 0 Å². The van der Waals surface area contributed by atoms with Crippen molar-refractivity contribution in [2.24, 2.45) is 4.99 Å². The first kappa shape index (κ1) is 29.0. The molecule has 3 aromatic rings. The Balaban J connectivity index is 1.82. The van der Waals surface area contributed by atoms with E-state index in [0.717, 1.165) is 0 Å². The molecule has 1 heterocycles. The van der Waals surface area contributed by atoms with Crippen molar-refractivity contribution in [3.8, 4) is 17.0 Å². The van der Waals surface area contributed by atoms with Crippen molar-refractivity contribution in [1.82, 2.24) is 21.1 Å². The predicted molar refractivity (Wildman–Crippen MR) is 143 cm³/mol. The van der Waals surface area contributed by atoms with Crippen LogP contribution in [0.5, 0.6) is 5.75 Å². The number of amides is 3. The molecule has 13 heteroatoms. The molecule has 0 fully saturated rings. The van der Waals surface area contributed by atoms with E-state index in [2.05, 4.69) is 30.8 Å². The topological polar surface area (TPSA) is 153 Å². The molecule has 0 radical (unpaired) electrons. The molecule has 0 saturated carbocycles. The molecule has 0 aliphatic rings. The minimum atomic E-state index is -0.836. The fourth-order valence-electron chi connectivity index (χ4n) is 3.45. The highest BCUT2D eigenvalue weighted by Crippen LogP contribution is 2.27. The molecular formula is C26H28ClN5O7. The van der Waals surface area contributed by atoms with Crippen molar-refractivity contribution in [1.29, 1.82) is 0 Å². The molecule has 39 heavy (non-hydrogen) atoms. The largest absolute Gasteiger partial charge is 0.497 e. The summed E-state index contributed by atoms with van der Waals surface area (Å²) in [7, 11) is 2.73. The van der Waals surface area contributed by atoms with Gasteiger partial charge in [-0.2, -0.15) is 0 Å². The Kier molecular flexibility index (Phi) is 10.3. The third kappa shape index (κ3) is 8.20. The van der Waals surface area contributed by atoms with Gasteiger partial charge in [-0.1, -0.05) is 22.8 Å². The SMILES string of the molecule is CCOC(=O)NCc1cc(Cl)cc(CN=C(NC(=O)OC)NC(=O)c2c(-c3ccc(OC)cc3)noc2C)c1. The number of carbonyl (C=O) groups excluding carboxylic acids is 3. The van der Waals surface area contributed by atoms with Gasteiger partial charge in [-0.15, -0.1) is 0 Å². The Labute approximate surface area is 229 Å². The minimum absolute atomic E-state index is 0.0283. The summed E-state index contributed by atoms with van der Waals surface area (Å²) in [6, 6.07) is 12.1. The van der Waals surface area contributed by atoms with Gasteiger partial charge in [-0.3, -0.25) is 15.4 Å². The van der Waals surface area contributed by atoms with Crippen LogP contribution >= 0.6 is 11.6 Å². The zero-order valence-corrected chi connectivity index (χ0v) is 22.5. The molecule has 0 saturated heterocycles. The number of hydrogen-bond donors (Lipinski definition) is 3. The second kappa shape index (κ2) is 13.8. The van der Waals surface area contributed by atoms with Crippen LogP contribution in [-0.4, -0.2) is 50.0 Å². The van der Waals surface area contributed by atoms with Gasteiger partial charge >= 0.3 is 12.2 Å². The molecule has 206 valence electrons. The number of rotatable bonds is 8. The zero-order chi connectivity index (χ0) is 28.4. The number of benzene rings is 2. The Morgan fingerprint density at radius 3 is 2.41 bits per heavy atom. The zero-order valence-electron chi connectivity index (χ0n) is 21.8. The van der Waals surface area contributed by atoms with E-state index in [1.165, 1.54) is 7.11 Å². The number of aromatic nitrogens is 1. The van der Waals surface area contributed by atoms with Gasteiger partial charge in [-0.05, 0) is 61.4 Å². The molecule has 3 amide bonds. The highest BCUT2D eigenvalue weighted by Gasteiger charge is 2.23. The molecule has 3 N–H and O–H groups in total. The molecule has 0 aliphatic carbocycles. The fourth-order valence-corrected chi connectivity index (χ4v) is 3.73. The van der Waals surface area contributed by atoms with E-state index in [4.69, 9.17) is 25.6 Å². The summed E-state index contributed by atoms with van der Waals surface area (Å²) < 4.78 is 20.0. The summed E-state index contributed by atoms with van der Waals surface area (Å²) in [5.41, 5.74) is 2.45. The summed E-state index contributed by atoms with van der Waals surface area (Å²) in [5, 5.41) is 12.0. The number of halogens is 1. The minimum Gasteiger partial charge on any atom is -0.497 e. The normalized spacial score (nSPS) is 10.9. The van der Waals surface area contributed by atoms with E-state index in [0.29, 0.717) is 33.2 Å². The molecule has 0 atom stereocenters. The summed E-state index contributed by atoms with van der Waals surface area (Å²) in [4.78, 5) is 41.1. The van der Waals surface area contributed by atoms with Crippen LogP contribution in [0, 0.1) is 6.92 Å². The van der Waals surface area contributed by atoms with E-state index >= 15 is 0 Å². The summed E-state index contributed by atoms with van der Waals surface area (Å²) in [6.45, 7) is 3.76. The first-order valence-electron chi connectivity index (χ1n) is 11.7. The molecule has 0 aliphatic heterocycles. The Morgan fingerprint density at radius 1 is 1.03 bits per heavy atom. The Morgan fingerprint density at radius 2 is 1.74 bits per heavy atom. The lowest BCUT2D eigenvalue weighted by Crippen LogP contribution is -2.44. The second-order valence-electron chi connectivity index (χ2n) is 7.97. The molecule has 0 bridgehead atoms. The number of nitrogens with zero attached hydrogens (tertiary/aromatic N) is 2. The highest BCUT2D eigenvalue weighted by atomic mass is 35.5. The lowest BCUT2D eigenvalue weighted by Gasteiger charge is -2.11. The molecule has 0 unspecified atom stereocenters. The maximum absolute atomic E-state index is 13.3. The number of nitrogens with one attached hydrogen (secondary N) is 3. The van der Waals surface area contributed by atoms with Crippen LogP contribution in [0.15, 0.2) is 52.0 Å². The number of methoxy groups -OCH3 is 2. The summed E-state index contributed by atoms with van der Waals surface area (Å²) in [5.74, 6) is 0.131. The van der Waals surface area contributed by atoms with Crippen molar-refractivity contribution in [3.05, 3.63) is 69.9 Å². The van der Waals surface area contributed by atoms with E-state index < -0.39 is 18.1 Å². The molecule has 2 aromatic carbocycles. The number of hydrogen-bond acceptors (Lipinski definition) is 9. The van der Waals surface area contributed by atoms with Gasteiger partial charge in [0, 0.05) is 17.1 Å². The van der Waals surface area contributed by atoms with Crippen molar-refractivity contribution in [2.75, 3.05) is 20.8 Å². The summed E-state index contributed by atoms with van der Waals surface area (Å²) >= 11 is 6.24. The summed E-state index contributed by atoms with van der Waals surface area (Å²) in [6.07, 6.45) is -1.39. The average molecular weight is 558 g/mol. The molecule has 1 aromatic heterocycles. The van der Waals surface area contributed by atoms with Gasteiger partial charge in [0.05, 0.1) is 27.4 Å². The van der Waals surface area contributed by atoms with Crippen LogP contribution in [0.25, 0.3) is 11.3 Å².